The van der Waals surface area contributed by atoms with Gasteiger partial charge >= 0.3 is 5.97 Å². The largest absolute Gasteiger partial charge is 0.465 e. The lowest BCUT2D eigenvalue weighted by atomic mass is 10.1. The van der Waals surface area contributed by atoms with Gasteiger partial charge in [0.05, 0.1) is 30.0 Å². The Labute approximate surface area is 137 Å². The van der Waals surface area contributed by atoms with E-state index < -0.39 is 21.9 Å². The zero-order chi connectivity index (χ0) is 17.5. The Morgan fingerprint density at radius 1 is 1.12 bits per heavy atom. The van der Waals surface area contributed by atoms with E-state index in [9.17, 15) is 18.0 Å². The average molecular weight is 346 g/mol. The van der Waals surface area contributed by atoms with Gasteiger partial charge in [-0.1, -0.05) is 12.1 Å². The van der Waals surface area contributed by atoms with Gasteiger partial charge in [-0.2, -0.15) is 0 Å². The highest BCUT2D eigenvalue weighted by molar-refractivity contribution is 7.89. The molecule has 8 heteroatoms. The highest BCUT2D eigenvalue weighted by atomic mass is 32.2. The monoisotopic (exact) mass is 346 g/mol. The number of fused-ring (bicyclic) bond motifs is 3. The normalized spacial score (nSPS) is 11.6. The Bertz CT molecular complexity index is 1080. The number of benzene rings is 1. The highest BCUT2D eigenvalue weighted by Gasteiger charge is 2.20. The van der Waals surface area contributed by atoms with E-state index in [4.69, 9.17) is 4.74 Å². The molecule has 2 heterocycles. The van der Waals surface area contributed by atoms with Crippen LogP contribution in [0.1, 0.15) is 20.7 Å². The van der Waals surface area contributed by atoms with Crippen molar-refractivity contribution in [3.63, 3.8) is 0 Å². The first kappa shape index (κ1) is 16.0. The number of nitrogens with zero attached hydrogens (tertiary/aromatic N) is 1. The second-order valence-electron chi connectivity index (χ2n) is 5.26. The lowest BCUT2D eigenvalue weighted by Gasteiger charge is -2.03. The Morgan fingerprint density at radius 2 is 1.88 bits per heavy atom. The molecular formula is C16H14N2O5S. The molecule has 0 saturated heterocycles. The standard InChI is InChI=1S/C16H14N2O5S/c1-23-16(20)14-11-7-6-10(15(19)17-24(2,21)22)9-13(11)18-8-4-3-5-12(14)18/h3-9H,1-2H3,(H,17,19). The van der Waals surface area contributed by atoms with Gasteiger partial charge in [0, 0.05) is 17.1 Å². The number of carbonyl (C=O) groups is 2. The Kier molecular flexibility index (Phi) is 3.76. The Balaban J connectivity index is 2.26. The minimum atomic E-state index is -3.66. The van der Waals surface area contributed by atoms with E-state index in [0.717, 1.165) is 6.26 Å². The van der Waals surface area contributed by atoms with Gasteiger partial charge in [-0.25, -0.2) is 17.9 Å². The lowest BCUT2D eigenvalue weighted by molar-refractivity contribution is 0.0605. The summed E-state index contributed by atoms with van der Waals surface area (Å²) in [5.41, 5.74) is 1.81. The molecule has 0 fully saturated rings. The third-order valence-electron chi connectivity index (χ3n) is 3.57. The maximum absolute atomic E-state index is 12.1. The van der Waals surface area contributed by atoms with Crippen molar-refractivity contribution in [3.8, 4) is 0 Å². The molecule has 0 aliphatic heterocycles. The van der Waals surface area contributed by atoms with Crippen LogP contribution in [0.3, 0.4) is 0 Å². The molecule has 0 radical (unpaired) electrons. The Hall–Kier alpha value is -2.87. The van der Waals surface area contributed by atoms with Crippen LogP contribution in [-0.4, -0.2) is 38.1 Å². The molecule has 3 aromatic rings. The van der Waals surface area contributed by atoms with Gasteiger partial charge in [0.15, 0.2) is 0 Å². The number of methoxy groups -OCH3 is 1. The number of esters is 1. The van der Waals surface area contributed by atoms with Crippen molar-refractivity contribution in [2.45, 2.75) is 0 Å². The van der Waals surface area contributed by atoms with E-state index in [1.807, 2.05) is 4.72 Å². The lowest BCUT2D eigenvalue weighted by Crippen LogP contribution is -2.29. The molecule has 1 N–H and O–H groups in total. The van der Waals surface area contributed by atoms with E-state index in [1.165, 1.54) is 19.2 Å². The SMILES string of the molecule is COC(=O)c1c2ccc(C(=O)NS(C)(=O)=O)cc2n2ccccc12. The van der Waals surface area contributed by atoms with Crippen molar-refractivity contribution in [3.05, 3.63) is 53.7 Å². The molecule has 0 spiro atoms. The molecular weight excluding hydrogens is 332 g/mol. The molecule has 7 nitrogen and oxygen atoms in total. The van der Waals surface area contributed by atoms with Crippen LogP contribution in [0.2, 0.25) is 0 Å². The fraction of sp³-hybridized carbons (Fsp3) is 0.125. The summed E-state index contributed by atoms with van der Waals surface area (Å²) in [5, 5.41) is 0.615. The predicted octanol–water partition coefficient (Wildman–Crippen LogP) is 1.57. The van der Waals surface area contributed by atoms with Crippen LogP contribution in [0.25, 0.3) is 16.4 Å². The minimum Gasteiger partial charge on any atom is -0.465 e. The number of pyridine rings is 1. The van der Waals surface area contributed by atoms with Crippen LogP contribution in [-0.2, 0) is 14.8 Å². The fourth-order valence-electron chi connectivity index (χ4n) is 2.62. The summed E-state index contributed by atoms with van der Waals surface area (Å²) < 4.78 is 31.0. The number of hydrogen-bond acceptors (Lipinski definition) is 5. The van der Waals surface area contributed by atoms with E-state index in [0.29, 0.717) is 22.0 Å². The molecule has 0 aliphatic carbocycles. The molecule has 0 saturated carbocycles. The number of carbonyl (C=O) groups excluding carboxylic acids is 2. The maximum atomic E-state index is 12.1. The summed E-state index contributed by atoms with van der Waals surface area (Å²) in [6.07, 6.45) is 2.66. The van der Waals surface area contributed by atoms with Crippen LogP contribution in [0, 0.1) is 0 Å². The van der Waals surface area contributed by atoms with Gasteiger partial charge in [-0.05, 0) is 24.3 Å². The molecule has 0 atom stereocenters. The van der Waals surface area contributed by atoms with Gasteiger partial charge in [0.2, 0.25) is 10.0 Å². The smallest absolute Gasteiger partial charge is 0.340 e. The number of sulfonamides is 1. The van der Waals surface area contributed by atoms with Crippen LogP contribution >= 0.6 is 0 Å². The number of hydrogen-bond donors (Lipinski definition) is 1. The minimum absolute atomic E-state index is 0.174. The third-order valence-corrected chi connectivity index (χ3v) is 4.13. The molecule has 0 bridgehead atoms. The Morgan fingerprint density at radius 3 is 2.54 bits per heavy atom. The highest BCUT2D eigenvalue weighted by Crippen LogP contribution is 2.28. The third kappa shape index (κ3) is 2.71. The van der Waals surface area contributed by atoms with Crippen LogP contribution in [0.5, 0.6) is 0 Å². The van der Waals surface area contributed by atoms with Crippen molar-refractivity contribution in [1.29, 1.82) is 0 Å². The van der Waals surface area contributed by atoms with E-state index in [-0.39, 0.29) is 5.56 Å². The number of rotatable bonds is 3. The maximum Gasteiger partial charge on any atom is 0.340 e. The van der Waals surface area contributed by atoms with Gasteiger partial charge in [-0.15, -0.1) is 0 Å². The average Bonchev–Trinajstić information content (AvgIpc) is 2.86. The van der Waals surface area contributed by atoms with E-state index in [2.05, 4.69) is 0 Å². The van der Waals surface area contributed by atoms with Crippen molar-refractivity contribution < 1.29 is 22.7 Å². The molecule has 124 valence electrons. The second kappa shape index (κ2) is 5.64. The zero-order valence-corrected chi connectivity index (χ0v) is 13.8. The predicted molar refractivity (Wildman–Crippen MR) is 88.6 cm³/mol. The van der Waals surface area contributed by atoms with Gasteiger partial charge in [0.1, 0.15) is 0 Å². The van der Waals surface area contributed by atoms with Crippen molar-refractivity contribution in [2.24, 2.45) is 0 Å². The summed E-state index contributed by atoms with van der Waals surface area (Å²) in [6.45, 7) is 0. The second-order valence-corrected chi connectivity index (χ2v) is 7.01. The van der Waals surface area contributed by atoms with E-state index in [1.54, 1.807) is 34.9 Å². The molecule has 1 amide bonds. The van der Waals surface area contributed by atoms with Crippen molar-refractivity contribution in [1.82, 2.24) is 9.12 Å². The molecule has 1 aromatic carbocycles. The number of nitrogens with one attached hydrogen (secondary N) is 1. The summed E-state index contributed by atoms with van der Waals surface area (Å²) >= 11 is 0. The molecule has 2 aromatic heterocycles. The van der Waals surface area contributed by atoms with E-state index >= 15 is 0 Å². The van der Waals surface area contributed by atoms with Gasteiger partial charge < -0.3 is 9.14 Å². The fourth-order valence-corrected chi connectivity index (χ4v) is 3.08. The first-order valence-corrected chi connectivity index (χ1v) is 8.84. The topological polar surface area (TPSA) is 93.9 Å². The number of amides is 1. The van der Waals surface area contributed by atoms with Crippen LogP contribution in [0.15, 0.2) is 42.6 Å². The first-order chi connectivity index (χ1) is 11.3. The summed E-state index contributed by atoms with van der Waals surface area (Å²) in [4.78, 5) is 24.2. The summed E-state index contributed by atoms with van der Waals surface area (Å²) in [5.74, 6) is -1.22. The zero-order valence-electron chi connectivity index (χ0n) is 12.9. The van der Waals surface area contributed by atoms with Crippen LogP contribution < -0.4 is 4.72 Å². The van der Waals surface area contributed by atoms with Crippen molar-refractivity contribution >= 4 is 38.3 Å². The summed E-state index contributed by atoms with van der Waals surface area (Å²) in [6, 6.07) is 9.95. The molecule has 24 heavy (non-hydrogen) atoms. The molecule has 0 aliphatic rings. The quantitative estimate of drug-likeness (QED) is 0.727. The van der Waals surface area contributed by atoms with Gasteiger partial charge in [-0.3, -0.25) is 4.79 Å². The van der Waals surface area contributed by atoms with Crippen LogP contribution in [0.4, 0.5) is 0 Å². The summed E-state index contributed by atoms with van der Waals surface area (Å²) in [7, 11) is -2.36. The van der Waals surface area contributed by atoms with Gasteiger partial charge in [0.25, 0.3) is 5.91 Å². The number of ether oxygens (including phenoxy) is 1. The molecule has 0 unspecified atom stereocenters. The first-order valence-electron chi connectivity index (χ1n) is 6.95. The van der Waals surface area contributed by atoms with Crippen molar-refractivity contribution in [2.75, 3.05) is 13.4 Å². The number of aromatic nitrogens is 1. The molecule has 3 rings (SSSR count).